The number of aryl methyl sites for hydroxylation is 6. The van der Waals surface area contributed by atoms with Gasteiger partial charge in [-0.3, -0.25) is 58.4 Å². The second kappa shape index (κ2) is 30.2. The lowest BCUT2D eigenvalue weighted by molar-refractivity contribution is -0.137. The van der Waals surface area contributed by atoms with Crippen LogP contribution in [0.25, 0.3) is 67.3 Å². The summed E-state index contributed by atoms with van der Waals surface area (Å²) in [6.07, 6.45) is 10.8. The number of ether oxygens (including phenoxy) is 3. The predicted molar refractivity (Wildman–Crippen MR) is 354 cm³/mol. The quantitative estimate of drug-likeness (QED) is 0.0227. The number of hydrogen-bond acceptors (Lipinski definition) is 18. The van der Waals surface area contributed by atoms with Crippen molar-refractivity contribution in [3.8, 4) is 51.4 Å². The Balaban J connectivity index is 0.000000155. The van der Waals surface area contributed by atoms with Crippen LogP contribution in [0.15, 0.2) is 69.0 Å². The Labute approximate surface area is 547 Å². The molecular formula is C68H85N15O12. The largest absolute Gasteiger partial charge is 0.493 e. The third-order valence-corrected chi connectivity index (χ3v) is 18.2. The molecule has 2 atom stereocenters. The van der Waals surface area contributed by atoms with Crippen LogP contribution >= 0.6 is 0 Å². The van der Waals surface area contributed by atoms with Gasteiger partial charge in [-0.05, 0) is 162 Å². The molecule has 3 aliphatic carbocycles. The van der Waals surface area contributed by atoms with Crippen molar-refractivity contribution in [2.75, 3.05) is 19.8 Å². The van der Waals surface area contributed by atoms with Crippen LogP contribution in [0.3, 0.4) is 0 Å². The van der Waals surface area contributed by atoms with E-state index in [1.165, 1.54) is 0 Å². The minimum atomic E-state index is -0.348. The lowest BCUT2D eigenvalue weighted by atomic mass is 9.71. The van der Waals surface area contributed by atoms with Crippen molar-refractivity contribution >= 4 is 50.8 Å². The molecule has 3 fully saturated rings. The summed E-state index contributed by atoms with van der Waals surface area (Å²) < 4.78 is 22.2. The minimum absolute atomic E-state index is 0.148. The topological polar surface area (TPSA) is 366 Å². The highest BCUT2D eigenvalue weighted by Gasteiger charge is 2.37. The number of carbonyl (C=O) groups excluding carboxylic acids is 3. The maximum atomic E-state index is 12.9. The van der Waals surface area contributed by atoms with Gasteiger partial charge in [-0.2, -0.15) is 15.3 Å². The number of carbonyl (C=O) groups is 3. The van der Waals surface area contributed by atoms with Gasteiger partial charge in [0.25, 0.3) is 16.7 Å². The summed E-state index contributed by atoms with van der Waals surface area (Å²) >= 11 is 0. The number of hydrogen-bond donors (Lipinski definition) is 9. The normalized spacial score (nSPS) is 18.1. The van der Waals surface area contributed by atoms with E-state index >= 15 is 0 Å². The van der Waals surface area contributed by atoms with Crippen molar-refractivity contribution in [2.24, 2.45) is 44.8 Å². The van der Waals surface area contributed by atoms with E-state index in [0.717, 1.165) is 104 Å². The van der Waals surface area contributed by atoms with Crippen molar-refractivity contribution in [1.82, 2.24) is 75.7 Å². The van der Waals surface area contributed by atoms with Crippen LogP contribution in [0.4, 0.5) is 0 Å². The van der Waals surface area contributed by atoms with Crippen LogP contribution in [0.5, 0.6) is 17.2 Å². The molecule has 95 heavy (non-hydrogen) atoms. The molecule has 0 aliphatic heterocycles. The summed E-state index contributed by atoms with van der Waals surface area (Å²) in [4.78, 5) is 96.7. The molecule has 0 saturated heterocycles. The molecule has 0 radical (unpaired) electrons. The first-order valence-corrected chi connectivity index (χ1v) is 32.9. The molecule has 3 aliphatic rings. The molecule has 6 heterocycles. The third kappa shape index (κ3) is 14.6. The van der Waals surface area contributed by atoms with E-state index in [2.05, 4.69) is 51.0 Å². The SMILES string of the molecule is CCCc1nn(C)c2c(=O)[nH]c(-c3cc(C4CC(C(=O)NO)C4)ccc3OCC)nc12.CCCc1nn(C)c2c(=O)[nH]c(-c3cc(C4CC(C(=O)NO)C4)ccc3OCC)nc12.CCCc1nn(C)c2c(=O)[nH]c(-c3cc(C[C@H]4CC[C@H](C(=O)NO)C4)ccc3OCC)nc12. The summed E-state index contributed by atoms with van der Waals surface area (Å²) in [5.74, 6) is 2.50. The zero-order chi connectivity index (χ0) is 67.8. The number of hydroxylamine groups is 3. The standard InChI is InChI=1S/C24H31N5O4.2C22H27N5O4/c1-4-6-18-20-21(29(3)27-18)24(31)26-22(25-20)17-13-15(8-10-19(17)33-5-2)11-14-7-9-16(12-14)23(30)28-32;2*1-4-6-16-18-19(27(3)25-16)22(29)24-20(23-18)15-11-12(7-8-17(15)31-5-2)13-9-14(10-13)21(28)26-30/h8,10,13-14,16,32H,4-7,9,11-12H2,1-3H3,(H,28,30)(H,25,26,31);2*7-8,11,13-14,30H,4-6,9-10H2,1-3H3,(H,26,28)(H,23,24,29)/t14-,16+;;/m1../s1. The number of nitrogens with one attached hydrogen (secondary N) is 6. The highest BCUT2D eigenvalue weighted by Crippen LogP contribution is 2.46. The van der Waals surface area contributed by atoms with E-state index in [1.807, 2.05) is 75.4 Å². The average molecular weight is 1300 g/mol. The number of rotatable bonds is 22. The third-order valence-electron chi connectivity index (χ3n) is 18.2. The van der Waals surface area contributed by atoms with Crippen LogP contribution in [0.1, 0.15) is 151 Å². The molecule has 3 saturated carbocycles. The number of H-pyrrole nitrogens is 3. The van der Waals surface area contributed by atoms with Gasteiger partial charge in [0.2, 0.25) is 17.7 Å². The lowest BCUT2D eigenvalue weighted by Gasteiger charge is -2.34. The molecule has 3 aromatic carbocycles. The number of aromatic amines is 3. The molecule has 504 valence electrons. The molecule has 0 unspecified atom stereocenters. The smallest absolute Gasteiger partial charge is 0.277 e. The van der Waals surface area contributed by atoms with Crippen LogP contribution in [-0.4, -0.2) is 112 Å². The Morgan fingerprint density at radius 3 is 1.18 bits per heavy atom. The molecule has 9 N–H and O–H groups in total. The molecule has 0 bridgehead atoms. The fraction of sp³-hybridized carbons (Fsp3) is 0.471. The van der Waals surface area contributed by atoms with E-state index in [1.54, 1.807) is 51.6 Å². The van der Waals surface area contributed by atoms with Crippen LogP contribution in [0.2, 0.25) is 0 Å². The van der Waals surface area contributed by atoms with Gasteiger partial charge in [0.1, 0.15) is 51.3 Å². The lowest BCUT2D eigenvalue weighted by Crippen LogP contribution is -2.36. The second-order valence-corrected chi connectivity index (χ2v) is 24.7. The van der Waals surface area contributed by atoms with Crippen molar-refractivity contribution in [2.45, 2.75) is 143 Å². The molecule has 27 nitrogen and oxygen atoms in total. The molecular weight excluding hydrogens is 1220 g/mol. The van der Waals surface area contributed by atoms with Gasteiger partial charge >= 0.3 is 0 Å². The van der Waals surface area contributed by atoms with E-state index < -0.39 is 0 Å². The summed E-state index contributed by atoms with van der Waals surface area (Å²) in [6.45, 7) is 13.4. The van der Waals surface area contributed by atoms with E-state index in [0.29, 0.717) is 130 Å². The predicted octanol–water partition coefficient (Wildman–Crippen LogP) is 8.49. The van der Waals surface area contributed by atoms with Gasteiger partial charge in [0, 0.05) is 38.9 Å². The molecule has 9 aromatic rings. The first kappa shape index (κ1) is 68.3. The second-order valence-electron chi connectivity index (χ2n) is 24.7. The molecule has 3 amide bonds. The summed E-state index contributed by atoms with van der Waals surface area (Å²) in [5, 5.41) is 40.0. The van der Waals surface area contributed by atoms with Crippen LogP contribution in [0, 0.1) is 23.7 Å². The first-order chi connectivity index (χ1) is 45.9. The zero-order valence-electron chi connectivity index (χ0n) is 55.2. The van der Waals surface area contributed by atoms with Crippen LogP contribution in [-0.2, 0) is 61.2 Å². The van der Waals surface area contributed by atoms with Crippen molar-refractivity contribution in [1.29, 1.82) is 0 Å². The van der Waals surface area contributed by atoms with Crippen molar-refractivity contribution < 1.29 is 44.2 Å². The number of benzene rings is 3. The number of amides is 3. The van der Waals surface area contributed by atoms with Crippen LogP contribution < -0.4 is 47.3 Å². The Morgan fingerprint density at radius 2 is 0.832 bits per heavy atom. The summed E-state index contributed by atoms with van der Waals surface area (Å²) in [7, 11) is 5.26. The highest BCUT2D eigenvalue weighted by molar-refractivity contribution is 5.83. The van der Waals surface area contributed by atoms with Crippen molar-refractivity contribution in [3.63, 3.8) is 0 Å². The Kier molecular flexibility index (Phi) is 21.7. The molecule has 0 spiro atoms. The number of nitrogens with zero attached hydrogens (tertiary/aromatic N) is 9. The maximum Gasteiger partial charge on any atom is 0.277 e. The summed E-state index contributed by atoms with van der Waals surface area (Å²) in [5.41, 5.74) is 15.5. The fourth-order valence-corrected chi connectivity index (χ4v) is 13.4. The molecule has 27 heteroatoms. The maximum absolute atomic E-state index is 12.9. The van der Waals surface area contributed by atoms with Gasteiger partial charge in [0.15, 0.2) is 16.6 Å². The van der Waals surface area contributed by atoms with Gasteiger partial charge in [-0.15, -0.1) is 0 Å². The Hall–Kier alpha value is -9.60. The Morgan fingerprint density at radius 1 is 0.484 bits per heavy atom. The van der Waals surface area contributed by atoms with Gasteiger partial charge in [-0.25, -0.2) is 31.4 Å². The van der Waals surface area contributed by atoms with Crippen molar-refractivity contribution in [3.05, 3.63) is 119 Å². The molecule has 12 rings (SSSR count). The van der Waals surface area contributed by atoms with E-state index in [-0.39, 0.29) is 64.0 Å². The highest BCUT2D eigenvalue weighted by atomic mass is 16.5. The van der Waals surface area contributed by atoms with E-state index in [9.17, 15) is 28.8 Å². The number of fused-ring (bicyclic) bond motifs is 3. The summed E-state index contributed by atoms with van der Waals surface area (Å²) in [6, 6.07) is 17.6. The first-order valence-electron chi connectivity index (χ1n) is 32.9. The van der Waals surface area contributed by atoms with Gasteiger partial charge in [-0.1, -0.05) is 58.2 Å². The monoisotopic (exact) mass is 1300 g/mol. The van der Waals surface area contributed by atoms with E-state index in [4.69, 9.17) is 44.8 Å². The fourth-order valence-electron chi connectivity index (χ4n) is 13.4. The van der Waals surface area contributed by atoms with Gasteiger partial charge in [0.05, 0.1) is 53.6 Å². The van der Waals surface area contributed by atoms with Gasteiger partial charge < -0.3 is 29.2 Å². The molecule has 6 aromatic heterocycles. The average Bonchev–Trinajstić information content (AvgIpc) is 1.73. The minimum Gasteiger partial charge on any atom is -0.493 e. The number of aromatic nitrogens is 12. The Bertz CT molecular complexity index is 4270. The zero-order valence-corrected chi connectivity index (χ0v) is 55.2.